The highest BCUT2D eigenvalue weighted by molar-refractivity contribution is 5.79. The molecule has 2 heterocycles. The van der Waals surface area contributed by atoms with Crippen LogP contribution in [0.4, 0.5) is 0 Å². The first-order chi connectivity index (χ1) is 8.90. The number of aliphatic carboxylic acids is 1. The Morgan fingerprint density at radius 2 is 1.84 bits per heavy atom. The molecule has 0 aromatic carbocycles. The predicted octanol–water partition coefficient (Wildman–Crippen LogP) is 1.18. The monoisotopic (exact) mass is 268 g/mol. The molecule has 0 atom stereocenters. The maximum atomic E-state index is 12.3. The van der Waals surface area contributed by atoms with Gasteiger partial charge in [-0.05, 0) is 46.1 Å². The van der Waals surface area contributed by atoms with Crippen LogP contribution in [0.5, 0.6) is 0 Å². The molecule has 0 aromatic rings. The fourth-order valence-corrected chi connectivity index (χ4v) is 3.10. The van der Waals surface area contributed by atoms with Crippen molar-refractivity contribution in [3.05, 3.63) is 0 Å². The second kappa shape index (κ2) is 5.49. The minimum atomic E-state index is -0.729. The SMILES string of the molecule is CC1(C)CCCN1CC(=O)N1CCC(C(=O)O)CC1. The van der Waals surface area contributed by atoms with Crippen LogP contribution in [-0.2, 0) is 9.59 Å². The van der Waals surface area contributed by atoms with Crippen molar-refractivity contribution in [1.82, 2.24) is 9.80 Å². The molecule has 2 fully saturated rings. The van der Waals surface area contributed by atoms with Crippen molar-refractivity contribution >= 4 is 11.9 Å². The minimum absolute atomic E-state index is 0.120. The van der Waals surface area contributed by atoms with Crippen LogP contribution in [-0.4, -0.2) is 58.5 Å². The number of likely N-dealkylation sites (tertiary alicyclic amines) is 2. The van der Waals surface area contributed by atoms with Gasteiger partial charge in [0, 0.05) is 18.6 Å². The van der Waals surface area contributed by atoms with E-state index in [2.05, 4.69) is 18.7 Å². The van der Waals surface area contributed by atoms with Gasteiger partial charge in [0.15, 0.2) is 0 Å². The van der Waals surface area contributed by atoms with Gasteiger partial charge in [0.2, 0.25) is 5.91 Å². The van der Waals surface area contributed by atoms with Crippen LogP contribution in [0.2, 0.25) is 0 Å². The molecule has 2 aliphatic rings. The number of hydrogen-bond donors (Lipinski definition) is 1. The number of piperidine rings is 1. The molecule has 19 heavy (non-hydrogen) atoms. The van der Waals surface area contributed by atoms with Crippen LogP contribution in [0, 0.1) is 5.92 Å². The first-order valence-corrected chi connectivity index (χ1v) is 7.16. The molecule has 0 aromatic heterocycles. The van der Waals surface area contributed by atoms with Gasteiger partial charge >= 0.3 is 5.97 Å². The van der Waals surface area contributed by atoms with Gasteiger partial charge in [-0.15, -0.1) is 0 Å². The van der Waals surface area contributed by atoms with Crippen molar-refractivity contribution < 1.29 is 14.7 Å². The summed E-state index contributed by atoms with van der Waals surface area (Å²) in [6, 6.07) is 0. The summed E-state index contributed by atoms with van der Waals surface area (Å²) in [6.45, 7) is 7.01. The average Bonchev–Trinajstić information content (AvgIpc) is 2.69. The molecule has 2 saturated heterocycles. The molecule has 0 radical (unpaired) electrons. The molecule has 0 spiro atoms. The van der Waals surface area contributed by atoms with Crippen molar-refractivity contribution in [3.63, 3.8) is 0 Å². The summed E-state index contributed by atoms with van der Waals surface area (Å²) in [7, 11) is 0. The molecule has 0 bridgehead atoms. The molecule has 2 rings (SSSR count). The molecule has 0 unspecified atom stereocenters. The number of amides is 1. The first kappa shape index (κ1) is 14.3. The van der Waals surface area contributed by atoms with Crippen molar-refractivity contribution in [2.45, 2.75) is 45.1 Å². The van der Waals surface area contributed by atoms with Gasteiger partial charge in [-0.25, -0.2) is 0 Å². The second-order valence-corrected chi connectivity index (χ2v) is 6.33. The number of nitrogens with zero attached hydrogens (tertiary/aromatic N) is 2. The highest BCUT2D eigenvalue weighted by atomic mass is 16.4. The number of carbonyl (C=O) groups is 2. The van der Waals surface area contributed by atoms with E-state index in [9.17, 15) is 9.59 Å². The van der Waals surface area contributed by atoms with Gasteiger partial charge in [0.25, 0.3) is 0 Å². The van der Waals surface area contributed by atoms with Crippen molar-refractivity contribution in [2.75, 3.05) is 26.2 Å². The summed E-state index contributed by atoms with van der Waals surface area (Å²) >= 11 is 0. The maximum absolute atomic E-state index is 12.3. The van der Waals surface area contributed by atoms with E-state index in [-0.39, 0.29) is 17.4 Å². The van der Waals surface area contributed by atoms with E-state index in [0.29, 0.717) is 32.5 Å². The van der Waals surface area contributed by atoms with Crippen molar-refractivity contribution in [3.8, 4) is 0 Å². The Bertz CT molecular complexity index is 360. The lowest BCUT2D eigenvalue weighted by atomic mass is 9.97. The minimum Gasteiger partial charge on any atom is -0.481 e. The number of rotatable bonds is 3. The van der Waals surface area contributed by atoms with E-state index in [4.69, 9.17) is 5.11 Å². The Labute approximate surface area is 114 Å². The lowest BCUT2D eigenvalue weighted by Crippen LogP contribution is -2.48. The molecule has 0 aliphatic carbocycles. The third-order valence-electron chi connectivity index (χ3n) is 4.60. The zero-order chi connectivity index (χ0) is 14.0. The fraction of sp³-hybridized carbons (Fsp3) is 0.857. The van der Waals surface area contributed by atoms with E-state index in [1.807, 2.05) is 4.90 Å². The van der Waals surface area contributed by atoms with Crippen LogP contribution in [0.1, 0.15) is 39.5 Å². The smallest absolute Gasteiger partial charge is 0.306 e. The Morgan fingerprint density at radius 3 is 2.32 bits per heavy atom. The number of carboxylic acid groups (broad SMARTS) is 1. The summed E-state index contributed by atoms with van der Waals surface area (Å²) in [6.07, 6.45) is 3.47. The number of hydrogen-bond acceptors (Lipinski definition) is 3. The predicted molar refractivity (Wildman–Crippen MR) is 71.8 cm³/mol. The molecular weight excluding hydrogens is 244 g/mol. The largest absolute Gasteiger partial charge is 0.481 e. The molecule has 1 N–H and O–H groups in total. The van der Waals surface area contributed by atoms with Crippen LogP contribution in [0.15, 0.2) is 0 Å². The molecule has 0 saturated carbocycles. The van der Waals surface area contributed by atoms with E-state index in [0.717, 1.165) is 19.4 Å². The average molecular weight is 268 g/mol. The van der Waals surface area contributed by atoms with Crippen LogP contribution in [0.25, 0.3) is 0 Å². The van der Waals surface area contributed by atoms with E-state index >= 15 is 0 Å². The Kier molecular flexibility index (Phi) is 4.13. The summed E-state index contributed by atoms with van der Waals surface area (Å²) in [5, 5.41) is 8.95. The Morgan fingerprint density at radius 1 is 1.21 bits per heavy atom. The van der Waals surface area contributed by atoms with Crippen molar-refractivity contribution in [1.29, 1.82) is 0 Å². The molecule has 108 valence electrons. The molecule has 1 amide bonds. The zero-order valence-corrected chi connectivity index (χ0v) is 11.9. The molecule has 5 nitrogen and oxygen atoms in total. The van der Waals surface area contributed by atoms with E-state index < -0.39 is 5.97 Å². The quantitative estimate of drug-likeness (QED) is 0.835. The molecule has 2 aliphatic heterocycles. The summed E-state index contributed by atoms with van der Waals surface area (Å²) < 4.78 is 0. The molecular formula is C14H24N2O3. The van der Waals surface area contributed by atoms with Crippen LogP contribution < -0.4 is 0 Å². The normalized spacial score (nSPS) is 24.6. The maximum Gasteiger partial charge on any atom is 0.306 e. The summed E-state index contributed by atoms with van der Waals surface area (Å²) in [5.41, 5.74) is 0.120. The second-order valence-electron chi connectivity index (χ2n) is 6.33. The van der Waals surface area contributed by atoms with Gasteiger partial charge in [-0.1, -0.05) is 0 Å². The Hall–Kier alpha value is -1.10. The Balaban J connectivity index is 1.83. The van der Waals surface area contributed by atoms with E-state index in [1.54, 1.807) is 0 Å². The number of carboxylic acids is 1. The summed E-state index contributed by atoms with van der Waals surface area (Å²) in [4.78, 5) is 27.2. The van der Waals surface area contributed by atoms with Gasteiger partial charge < -0.3 is 10.0 Å². The lowest BCUT2D eigenvalue weighted by molar-refractivity contribution is -0.146. The standard InChI is InChI=1S/C14H24N2O3/c1-14(2)6-3-7-16(14)10-12(17)15-8-4-11(5-9-15)13(18)19/h11H,3-10H2,1-2H3,(H,18,19). The zero-order valence-electron chi connectivity index (χ0n) is 11.9. The molecule has 5 heteroatoms. The van der Waals surface area contributed by atoms with Gasteiger partial charge in [0.05, 0.1) is 12.5 Å². The lowest BCUT2D eigenvalue weighted by Gasteiger charge is -2.35. The third kappa shape index (κ3) is 3.26. The van der Waals surface area contributed by atoms with E-state index in [1.165, 1.54) is 0 Å². The third-order valence-corrected chi connectivity index (χ3v) is 4.60. The van der Waals surface area contributed by atoms with Gasteiger partial charge in [-0.2, -0.15) is 0 Å². The van der Waals surface area contributed by atoms with Crippen LogP contribution >= 0.6 is 0 Å². The fourth-order valence-electron chi connectivity index (χ4n) is 3.10. The first-order valence-electron chi connectivity index (χ1n) is 7.16. The highest BCUT2D eigenvalue weighted by Crippen LogP contribution is 2.28. The topological polar surface area (TPSA) is 60.9 Å². The van der Waals surface area contributed by atoms with Crippen LogP contribution in [0.3, 0.4) is 0 Å². The van der Waals surface area contributed by atoms with Gasteiger partial charge in [0.1, 0.15) is 0 Å². The highest BCUT2D eigenvalue weighted by Gasteiger charge is 2.35. The number of carbonyl (C=O) groups excluding carboxylic acids is 1. The summed E-state index contributed by atoms with van der Waals surface area (Å²) in [5.74, 6) is -0.848. The van der Waals surface area contributed by atoms with Crippen molar-refractivity contribution in [2.24, 2.45) is 5.92 Å². The van der Waals surface area contributed by atoms with Gasteiger partial charge in [-0.3, -0.25) is 14.5 Å².